The van der Waals surface area contributed by atoms with Gasteiger partial charge in [-0.25, -0.2) is 0 Å². The molecule has 1 N–H and O–H groups in total. The van der Waals surface area contributed by atoms with E-state index in [4.69, 9.17) is 5.26 Å². The summed E-state index contributed by atoms with van der Waals surface area (Å²) in [6.45, 7) is 4.61. The highest BCUT2D eigenvalue weighted by Gasteiger charge is 2.25. The van der Waals surface area contributed by atoms with Crippen LogP contribution in [0.15, 0.2) is 22.7 Å². The molecule has 2 rings (SSSR count). The van der Waals surface area contributed by atoms with Gasteiger partial charge in [0.25, 0.3) is 0 Å². The van der Waals surface area contributed by atoms with Gasteiger partial charge in [0.05, 0.1) is 11.3 Å². The molecular formula is C15H19BrN2. The quantitative estimate of drug-likeness (QED) is 0.869. The minimum absolute atomic E-state index is 0.482. The van der Waals surface area contributed by atoms with Crippen LogP contribution in [-0.2, 0) is 0 Å². The summed E-state index contributed by atoms with van der Waals surface area (Å²) in [4.78, 5) is 0. The Morgan fingerprint density at radius 2 is 2.11 bits per heavy atom. The molecule has 0 radical (unpaired) electrons. The lowest BCUT2D eigenvalue weighted by molar-refractivity contribution is 0.280. The van der Waals surface area contributed by atoms with Gasteiger partial charge in [-0.05, 0) is 42.9 Å². The number of hydrogen-bond acceptors (Lipinski definition) is 2. The first-order chi connectivity index (χ1) is 8.60. The van der Waals surface area contributed by atoms with E-state index < -0.39 is 0 Å². The third-order valence-electron chi connectivity index (χ3n) is 3.90. The standard InChI is InChI=1S/C15H19BrN2/c1-10-3-4-11(2)14(7-10)18-15-8-13(16)6-5-12(15)9-17/h5-6,8,10-11,14,18H,3-4,7H2,1-2H3. The van der Waals surface area contributed by atoms with Crippen LogP contribution < -0.4 is 5.32 Å². The number of benzene rings is 1. The van der Waals surface area contributed by atoms with Crippen molar-refractivity contribution in [1.82, 2.24) is 0 Å². The fourth-order valence-corrected chi connectivity index (χ4v) is 3.03. The van der Waals surface area contributed by atoms with Gasteiger partial charge in [0.1, 0.15) is 6.07 Å². The van der Waals surface area contributed by atoms with Gasteiger partial charge in [-0.2, -0.15) is 5.26 Å². The molecule has 0 spiro atoms. The Bertz CT molecular complexity index is 464. The van der Waals surface area contributed by atoms with Crippen molar-refractivity contribution in [2.75, 3.05) is 5.32 Å². The summed E-state index contributed by atoms with van der Waals surface area (Å²) in [5, 5.41) is 12.7. The Hall–Kier alpha value is -1.01. The van der Waals surface area contributed by atoms with E-state index in [1.807, 2.05) is 18.2 Å². The molecule has 0 aromatic heterocycles. The van der Waals surface area contributed by atoms with Crippen molar-refractivity contribution in [2.24, 2.45) is 11.8 Å². The van der Waals surface area contributed by atoms with Gasteiger partial charge in [-0.15, -0.1) is 0 Å². The second kappa shape index (κ2) is 5.75. The van der Waals surface area contributed by atoms with Gasteiger partial charge in [0.15, 0.2) is 0 Å². The molecule has 1 aliphatic rings. The van der Waals surface area contributed by atoms with Crippen molar-refractivity contribution >= 4 is 21.6 Å². The molecule has 1 saturated carbocycles. The van der Waals surface area contributed by atoms with Gasteiger partial charge in [0.2, 0.25) is 0 Å². The molecule has 18 heavy (non-hydrogen) atoms. The average molecular weight is 307 g/mol. The van der Waals surface area contributed by atoms with Crippen LogP contribution in [0.2, 0.25) is 0 Å². The molecule has 3 heteroatoms. The number of nitrogens with zero attached hydrogens (tertiary/aromatic N) is 1. The minimum Gasteiger partial charge on any atom is -0.381 e. The molecule has 1 aromatic rings. The zero-order valence-electron chi connectivity index (χ0n) is 10.9. The van der Waals surface area contributed by atoms with Crippen molar-refractivity contribution in [2.45, 2.75) is 39.2 Å². The Kier molecular flexibility index (Phi) is 4.29. The van der Waals surface area contributed by atoms with Crippen molar-refractivity contribution in [3.8, 4) is 6.07 Å². The number of nitrogens with one attached hydrogen (secondary N) is 1. The highest BCUT2D eigenvalue weighted by atomic mass is 79.9. The molecule has 0 bridgehead atoms. The summed E-state index contributed by atoms with van der Waals surface area (Å²) in [5.41, 5.74) is 1.68. The van der Waals surface area contributed by atoms with Crippen LogP contribution in [0, 0.1) is 23.2 Å². The molecule has 0 heterocycles. The lowest BCUT2D eigenvalue weighted by Gasteiger charge is -2.34. The lowest BCUT2D eigenvalue weighted by atomic mass is 9.80. The fraction of sp³-hybridized carbons (Fsp3) is 0.533. The van der Waals surface area contributed by atoms with E-state index in [9.17, 15) is 0 Å². The smallest absolute Gasteiger partial charge is 0.101 e. The number of hydrogen-bond donors (Lipinski definition) is 1. The average Bonchev–Trinajstić information content (AvgIpc) is 2.34. The third-order valence-corrected chi connectivity index (χ3v) is 4.39. The van der Waals surface area contributed by atoms with Crippen molar-refractivity contribution in [3.63, 3.8) is 0 Å². The maximum atomic E-state index is 9.15. The van der Waals surface area contributed by atoms with Crippen LogP contribution in [0.1, 0.15) is 38.7 Å². The molecule has 3 unspecified atom stereocenters. The first-order valence-corrected chi connectivity index (χ1v) is 7.35. The van der Waals surface area contributed by atoms with Crippen LogP contribution >= 0.6 is 15.9 Å². The molecule has 96 valence electrons. The van der Waals surface area contributed by atoms with E-state index in [1.165, 1.54) is 19.3 Å². The van der Waals surface area contributed by atoms with E-state index in [1.54, 1.807) is 0 Å². The van der Waals surface area contributed by atoms with Gasteiger partial charge < -0.3 is 5.32 Å². The van der Waals surface area contributed by atoms with Crippen LogP contribution in [-0.4, -0.2) is 6.04 Å². The molecule has 3 atom stereocenters. The van der Waals surface area contributed by atoms with E-state index in [0.717, 1.165) is 21.6 Å². The van der Waals surface area contributed by atoms with Crippen LogP contribution in [0.5, 0.6) is 0 Å². The highest BCUT2D eigenvalue weighted by molar-refractivity contribution is 9.10. The molecule has 0 amide bonds. The van der Waals surface area contributed by atoms with Crippen molar-refractivity contribution in [1.29, 1.82) is 5.26 Å². The lowest BCUT2D eigenvalue weighted by Crippen LogP contribution is -2.33. The number of anilines is 1. The maximum absolute atomic E-state index is 9.15. The zero-order chi connectivity index (χ0) is 13.1. The third kappa shape index (κ3) is 3.05. The molecule has 1 aromatic carbocycles. The summed E-state index contributed by atoms with van der Waals surface area (Å²) in [6.07, 6.45) is 3.79. The maximum Gasteiger partial charge on any atom is 0.101 e. The van der Waals surface area contributed by atoms with Crippen LogP contribution in [0.3, 0.4) is 0 Å². The summed E-state index contributed by atoms with van der Waals surface area (Å²) < 4.78 is 1.01. The van der Waals surface area contributed by atoms with E-state index in [0.29, 0.717) is 12.0 Å². The SMILES string of the molecule is CC1CCC(C)C(Nc2cc(Br)ccc2C#N)C1. The molecular weight excluding hydrogens is 288 g/mol. The minimum atomic E-state index is 0.482. The Morgan fingerprint density at radius 3 is 2.83 bits per heavy atom. The van der Waals surface area contributed by atoms with Crippen molar-refractivity contribution in [3.05, 3.63) is 28.2 Å². The first kappa shape index (κ1) is 13.4. The monoisotopic (exact) mass is 306 g/mol. The summed E-state index contributed by atoms with van der Waals surface area (Å²) >= 11 is 3.47. The summed E-state index contributed by atoms with van der Waals surface area (Å²) in [6, 6.07) is 8.52. The number of nitriles is 1. The van der Waals surface area contributed by atoms with Crippen LogP contribution in [0.25, 0.3) is 0 Å². The zero-order valence-corrected chi connectivity index (χ0v) is 12.5. The first-order valence-electron chi connectivity index (χ1n) is 6.56. The Labute approximate surface area is 118 Å². The molecule has 0 saturated heterocycles. The van der Waals surface area contributed by atoms with Crippen molar-refractivity contribution < 1.29 is 0 Å². The van der Waals surface area contributed by atoms with Gasteiger partial charge in [0, 0.05) is 10.5 Å². The fourth-order valence-electron chi connectivity index (χ4n) is 2.67. The normalized spacial score (nSPS) is 27.6. The highest BCUT2D eigenvalue weighted by Crippen LogP contribution is 2.32. The number of halogens is 1. The second-order valence-corrected chi connectivity index (χ2v) is 6.36. The van der Waals surface area contributed by atoms with Gasteiger partial charge >= 0.3 is 0 Å². The predicted molar refractivity (Wildman–Crippen MR) is 78.4 cm³/mol. The van der Waals surface area contributed by atoms with E-state index in [-0.39, 0.29) is 0 Å². The predicted octanol–water partition coefficient (Wildman–Crippen LogP) is 4.56. The number of rotatable bonds is 2. The Balaban J connectivity index is 2.17. The second-order valence-electron chi connectivity index (χ2n) is 5.45. The van der Waals surface area contributed by atoms with Gasteiger partial charge in [-0.3, -0.25) is 0 Å². The van der Waals surface area contributed by atoms with Gasteiger partial charge in [-0.1, -0.05) is 36.2 Å². The molecule has 2 nitrogen and oxygen atoms in total. The summed E-state index contributed by atoms with van der Waals surface area (Å²) in [7, 11) is 0. The largest absolute Gasteiger partial charge is 0.381 e. The van der Waals surface area contributed by atoms with E-state index >= 15 is 0 Å². The van der Waals surface area contributed by atoms with E-state index in [2.05, 4.69) is 41.2 Å². The summed E-state index contributed by atoms with van der Waals surface area (Å²) in [5.74, 6) is 1.45. The molecule has 1 aliphatic carbocycles. The topological polar surface area (TPSA) is 35.8 Å². The molecule has 1 fully saturated rings. The molecule has 0 aliphatic heterocycles. The Morgan fingerprint density at radius 1 is 1.33 bits per heavy atom. The van der Waals surface area contributed by atoms with Crippen LogP contribution in [0.4, 0.5) is 5.69 Å².